The van der Waals surface area contributed by atoms with Gasteiger partial charge in [-0.05, 0) is 17.7 Å². The third-order valence-corrected chi connectivity index (χ3v) is 4.07. The molecule has 1 aliphatic heterocycles. The summed E-state index contributed by atoms with van der Waals surface area (Å²) in [5, 5.41) is 4.00. The molecule has 24 heavy (non-hydrogen) atoms. The monoisotopic (exact) mass is 328 g/mol. The molecule has 1 aromatic heterocycles. The third kappa shape index (κ3) is 3.40. The summed E-state index contributed by atoms with van der Waals surface area (Å²) in [6.45, 7) is 1.65. The van der Waals surface area contributed by atoms with E-state index >= 15 is 0 Å². The fourth-order valence-electron chi connectivity index (χ4n) is 2.75. The van der Waals surface area contributed by atoms with Gasteiger partial charge in [-0.1, -0.05) is 12.1 Å². The number of carbonyl (C=O) groups excluding carboxylic acids is 2. The Labute approximate surface area is 140 Å². The first-order chi connectivity index (χ1) is 11.6. The van der Waals surface area contributed by atoms with Crippen molar-refractivity contribution in [1.29, 1.82) is 0 Å². The van der Waals surface area contributed by atoms with E-state index < -0.39 is 0 Å². The lowest BCUT2D eigenvalue weighted by atomic mass is 10.1. The van der Waals surface area contributed by atoms with Gasteiger partial charge in [-0.15, -0.1) is 0 Å². The topological polar surface area (TPSA) is 67.7 Å². The smallest absolute Gasteiger partial charge is 0.257 e. The number of rotatable bonds is 4. The van der Waals surface area contributed by atoms with Gasteiger partial charge in [0.25, 0.3) is 5.91 Å². The molecule has 3 rings (SSSR count). The number of ether oxygens (including phenoxy) is 1. The molecule has 0 spiro atoms. The molecule has 2 amide bonds. The highest BCUT2D eigenvalue weighted by Gasteiger charge is 2.28. The average Bonchev–Trinajstić information content (AvgIpc) is 3.02. The molecule has 0 N–H and O–H groups in total. The van der Waals surface area contributed by atoms with E-state index in [1.54, 1.807) is 34.8 Å². The maximum atomic E-state index is 12.4. The van der Waals surface area contributed by atoms with Gasteiger partial charge in [-0.3, -0.25) is 14.3 Å². The van der Waals surface area contributed by atoms with Gasteiger partial charge >= 0.3 is 0 Å². The van der Waals surface area contributed by atoms with Crippen LogP contribution in [0.15, 0.2) is 36.7 Å². The summed E-state index contributed by atoms with van der Waals surface area (Å²) < 4.78 is 6.78. The van der Waals surface area contributed by atoms with Gasteiger partial charge in [0.2, 0.25) is 5.91 Å². The molecule has 0 aliphatic carbocycles. The van der Waals surface area contributed by atoms with Crippen molar-refractivity contribution in [1.82, 2.24) is 19.6 Å². The third-order valence-electron chi connectivity index (χ3n) is 4.07. The predicted molar refractivity (Wildman–Crippen MR) is 87.5 cm³/mol. The van der Waals surface area contributed by atoms with E-state index in [0.29, 0.717) is 25.2 Å². The molecule has 0 radical (unpaired) electrons. The van der Waals surface area contributed by atoms with Gasteiger partial charge in [0.1, 0.15) is 12.3 Å². The molecule has 7 heteroatoms. The van der Waals surface area contributed by atoms with Crippen LogP contribution in [0.1, 0.15) is 15.9 Å². The van der Waals surface area contributed by atoms with Crippen LogP contribution in [0, 0.1) is 0 Å². The number of methoxy groups -OCH3 is 1. The van der Waals surface area contributed by atoms with Crippen LogP contribution in [0.5, 0.6) is 5.75 Å². The number of nitrogens with zero attached hydrogens (tertiary/aromatic N) is 4. The van der Waals surface area contributed by atoms with Crippen molar-refractivity contribution >= 4 is 11.8 Å². The Morgan fingerprint density at radius 1 is 1.33 bits per heavy atom. The van der Waals surface area contributed by atoms with Crippen molar-refractivity contribution in [2.24, 2.45) is 7.05 Å². The van der Waals surface area contributed by atoms with Gasteiger partial charge in [-0.25, -0.2) is 0 Å². The second kappa shape index (κ2) is 6.74. The zero-order chi connectivity index (χ0) is 17.1. The first-order valence-electron chi connectivity index (χ1n) is 7.75. The van der Waals surface area contributed by atoms with Crippen LogP contribution >= 0.6 is 0 Å². The van der Waals surface area contributed by atoms with Crippen LogP contribution in [0.4, 0.5) is 0 Å². The van der Waals surface area contributed by atoms with E-state index in [9.17, 15) is 9.59 Å². The fraction of sp³-hybridized carbons (Fsp3) is 0.353. The lowest BCUT2D eigenvalue weighted by Gasteiger charge is -2.34. The molecule has 0 bridgehead atoms. The molecular weight excluding hydrogens is 308 g/mol. The fourth-order valence-corrected chi connectivity index (χ4v) is 2.75. The van der Waals surface area contributed by atoms with Crippen LogP contribution in [0.25, 0.3) is 0 Å². The lowest BCUT2D eigenvalue weighted by Crippen LogP contribution is -2.51. The highest BCUT2D eigenvalue weighted by Crippen LogP contribution is 2.16. The lowest BCUT2D eigenvalue weighted by molar-refractivity contribution is -0.135. The standard InChI is InChI=1S/C17H20N4O3/c1-19-11-14(9-18-19)17(23)21-7-6-20(16(22)12-21)10-13-4-3-5-15(8-13)24-2/h3-5,8-9,11H,6-7,10,12H2,1-2H3. The zero-order valence-corrected chi connectivity index (χ0v) is 13.8. The largest absolute Gasteiger partial charge is 0.497 e. The average molecular weight is 328 g/mol. The van der Waals surface area contributed by atoms with Crippen molar-refractivity contribution in [2.75, 3.05) is 26.7 Å². The Kier molecular flexibility index (Phi) is 4.50. The Bertz CT molecular complexity index is 756. The predicted octanol–water partition coefficient (Wildman–Crippen LogP) is 0.913. The van der Waals surface area contributed by atoms with Crippen LogP contribution in [0.3, 0.4) is 0 Å². The molecule has 0 atom stereocenters. The summed E-state index contributed by atoms with van der Waals surface area (Å²) in [5.41, 5.74) is 1.52. The van der Waals surface area contributed by atoms with E-state index in [2.05, 4.69) is 5.10 Å². The molecule has 0 saturated carbocycles. The number of hydrogen-bond donors (Lipinski definition) is 0. The van der Waals surface area contributed by atoms with Gasteiger partial charge < -0.3 is 14.5 Å². The number of hydrogen-bond acceptors (Lipinski definition) is 4. The number of piperazine rings is 1. The van der Waals surface area contributed by atoms with Gasteiger partial charge in [0.15, 0.2) is 0 Å². The van der Waals surface area contributed by atoms with Gasteiger partial charge in [-0.2, -0.15) is 5.10 Å². The van der Waals surface area contributed by atoms with E-state index in [1.165, 1.54) is 6.20 Å². The van der Waals surface area contributed by atoms with Gasteiger partial charge in [0.05, 0.1) is 18.9 Å². The molecule has 126 valence electrons. The maximum Gasteiger partial charge on any atom is 0.257 e. The number of aromatic nitrogens is 2. The Morgan fingerprint density at radius 3 is 2.83 bits per heavy atom. The van der Waals surface area contributed by atoms with Crippen molar-refractivity contribution in [2.45, 2.75) is 6.54 Å². The van der Waals surface area contributed by atoms with E-state index in [0.717, 1.165) is 11.3 Å². The SMILES string of the molecule is COc1cccc(CN2CCN(C(=O)c3cnn(C)c3)CC2=O)c1. The second-order valence-corrected chi connectivity index (χ2v) is 5.80. The Hall–Kier alpha value is -2.83. The van der Waals surface area contributed by atoms with Crippen LogP contribution in [-0.2, 0) is 18.4 Å². The summed E-state index contributed by atoms with van der Waals surface area (Å²) in [4.78, 5) is 28.1. The number of amides is 2. The number of benzene rings is 1. The molecule has 2 heterocycles. The van der Waals surface area contributed by atoms with Crippen molar-refractivity contribution in [3.05, 3.63) is 47.8 Å². The number of carbonyl (C=O) groups is 2. The number of aryl methyl sites for hydroxylation is 1. The molecule has 1 saturated heterocycles. The minimum Gasteiger partial charge on any atom is -0.497 e. The summed E-state index contributed by atoms with van der Waals surface area (Å²) in [6.07, 6.45) is 3.19. The molecule has 2 aromatic rings. The van der Waals surface area contributed by atoms with E-state index in [4.69, 9.17) is 4.74 Å². The molecular formula is C17H20N4O3. The van der Waals surface area contributed by atoms with Gasteiger partial charge in [0, 0.05) is 32.9 Å². The van der Waals surface area contributed by atoms with Crippen LogP contribution in [0.2, 0.25) is 0 Å². The first-order valence-corrected chi connectivity index (χ1v) is 7.75. The highest BCUT2D eigenvalue weighted by molar-refractivity contribution is 5.96. The minimum atomic E-state index is -0.155. The van der Waals surface area contributed by atoms with Crippen LogP contribution < -0.4 is 4.74 Å². The minimum absolute atomic E-state index is 0.0543. The van der Waals surface area contributed by atoms with Crippen molar-refractivity contribution in [3.8, 4) is 5.75 Å². The molecule has 0 unspecified atom stereocenters. The normalized spacial score (nSPS) is 14.8. The van der Waals surface area contributed by atoms with E-state index in [-0.39, 0.29) is 18.4 Å². The quantitative estimate of drug-likeness (QED) is 0.837. The van der Waals surface area contributed by atoms with Crippen molar-refractivity contribution < 1.29 is 14.3 Å². The molecule has 7 nitrogen and oxygen atoms in total. The molecule has 1 aromatic carbocycles. The Balaban J connectivity index is 1.62. The van der Waals surface area contributed by atoms with Crippen LogP contribution in [-0.4, -0.2) is 58.1 Å². The molecule has 1 aliphatic rings. The maximum absolute atomic E-state index is 12.4. The highest BCUT2D eigenvalue weighted by atomic mass is 16.5. The summed E-state index contributed by atoms with van der Waals surface area (Å²) in [6, 6.07) is 7.65. The van der Waals surface area contributed by atoms with E-state index in [1.807, 2.05) is 24.3 Å². The summed E-state index contributed by atoms with van der Waals surface area (Å²) in [7, 11) is 3.38. The summed E-state index contributed by atoms with van der Waals surface area (Å²) >= 11 is 0. The molecule has 1 fully saturated rings. The Morgan fingerprint density at radius 2 is 2.17 bits per heavy atom. The second-order valence-electron chi connectivity index (χ2n) is 5.80. The first kappa shape index (κ1) is 16.0. The summed E-state index contributed by atoms with van der Waals surface area (Å²) in [5.74, 6) is 0.559. The zero-order valence-electron chi connectivity index (χ0n) is 13.8. The van der Waals surface area contributed by atoms with Crippen molar-refractivity contribution in [3.63, 3.8) is 0 Å².